The first-order chi connectivity index (χ1) is 7.90. The third-order valence-electron chi connectivity index (χ3n) is 5.38. The summed E-state index contributed by atoms with van der Waals surface area (Å²) in [5, 5.41) is 3.87. The first-order valence-electron chi connectivity index (χ1n) is 6.85. The molecular formula is C13H21NO2. The minimum absolute atomic E-state index is 0.532. The monoisotopic (exact) mass is 223 g/mol. The molecule has 90 valence electrons. The summed E-state index contributed by atoms with van der Waals surface area (Å²) in [6.45, 7) is 2.86. The average molecular weight is 223 g/mol. The highest BCUT2D eigenvalue weighted by Crippen LogP contribution is 2.62. The molecule has 16 heavy (non-hydrogen) atoms. The van der Waals surface area contributed by atoms with Gasteiger partial charge >= 0.3 is 0 Å². The molecule has 0 aromatic rings. The van der Waals surface area contributed by atoms with Gasteiger partial charge < -0.3 is 14.8 Å². The molecule has 4 unspecified atom stereocenters. The Hall–Kier alpha value is -0.120. The fraction of sp³-hybridized carbons (Fsp3) is 1.00. The van der Waals surface area contributed by atoms with Crippen LogP contribution in [0.1, 0.15) is 32.1 Å². The number of nitrogens with one attached hydrogen (secondary N) is 1. The minimum atomic E-state index is 0.532. The highest BCUT2D eigenvalue weighted by Gasteiger charge is 2.66. The number of hydrogen-bond donors (Lipinski definition) is 1. The Bertz CT molecular complexity index is 284. The topological polar surface area (TPSA) is 30.5 Å². The number of rotatable bonds is 2. The van der Waals surface area contributed by atoms with E-state index in [-0.39, 0.29) is 0 Å². The van der Waals surface area contributed by atoms with Crippen LogP contribution in [0.2, 0.25) is 0 Å². The van der Waals surface area contributed by atoms with E-state index in [0.717, 1.165) is 31.8 Å². The first kappa shape index (κ1) is 9.86. The van der Waals surface area contributed by atoms with Crippen molar-refractivity contribution >= 4 is 0 Å². The molecule has 3 nitrogen and oxygen atoms in total. The molecule has 0 aromatic heterocycles. The molecule has 2 heterocycles. The Morgan fingerprint density at radius 1 is 1.12 bits per heavy atom. The van der Waals surface area contributed by atoms with Gasteiger partial charge in [-0.05, 0) is 25.7 Å². The largest absolute Gasteiger partial charge is 0.380 e. The fourth-order valence-electron chi connectivity index (χ4n) is 4.41. The molecule has 3 heteroatoms. The Balaban J connectivity index is 1.49. The van der Waals surface area contributed by atoms with E-state index >= 15 is 0 Å². The van der Waals surface area contributed by atoms with Crippen LogP contribution in [0.4, 0.5) is 0 Å². The minimum Gasteiger partial charge on any atom is -0.380 e. The molecule has 2 aliphatic carbocycles. The van der Waals surface area contributed by atoms with Gasteiger partial charge in [-0.15, -0.1) is 0 Å². The van der Waals surface area contributed by atoms with E-state index in [1.54, 1.807) is 0 Å². The van der Waals surface area contributed by atoms with Crippen LogP contribution >= 0.6 is 0 Å². The highest BCUT2D eigenvalue weighted by molar-refractivity contribution is 5.18. The second-order valence-electron chi connectivity index (χ2n) is 6.04. The van der Waals surface area contributed by atoms with Crippen molar-refractivity contribution in [3.63, 3.8) is 0 Å². The Morgan fingerprint density at radius 2 is 2.06 bits per heavy atom. The van der Waals surface area contributed by atoms with Gasteiger partial charge in [0.1, 0.15) is 0 Å². The number of hydrogen-bond acceptors (Lipinski definition) is 3. The summed E-state index contributed by atoms with van der Waals surface area (Å²) in [7, 11) is 0. The van der Waals surface area contributed by atoms with Gasteiger partial charge in [-0.25, -0.2) is 0 Å². The highest BCUT2D eigenvalue weighted by atomic mass is 16.5. The summed E-state index contributed by atoms with van der Waals surface area (Å²) < 4.78 is 11.4. The summed E-state index contributed by atoms with van der Waals surface area (Å²) in [4.78, 5) is 0. The zero-order chi connectivity index (χ0) is 10.6. The van der Waals surface area contributed by atoms with Crippen LogP contribution in [-0.4, -0.2) is 38.0 Å². The zero-order valence-electron chi connectivity index (χ0n) is 9.78. The molecule has 4 aliphatic rings. The normalized spacial score (nSPS) is 48.8. The van der Waals surface area contributed by atoms with Crippen LogP contribution in [-0.2, 0) is 9.47 Å². The van der Waals surface area contributed by atoms with Crippen LogP contribution in [0.15, 0.2) is 0 Å². The summed E-state index contributed by atoms with van der Waals surface area (Å²) in [6.07, 6.45) is 7.26. The van der Waals surface area contributed by atoms with Crippen molar-refractivity contribution in [2.75, 3.05) is 19.8 Å². The molecule has 1 spiro atoms. The van der Waals surface area contributed by atoms with Crippen LogP contribution < -0.4 is 5.32 Å². The van der Waals surface area contributed by atoms with Crippen LogP contribution in [0.3, 0.4) is 0 Å². The Labute approximate surface area is 96.9 Å². The smallest absolute Gasteiger partial charge is 0.0690 e. The lowest BCUT2D eigenvalue weighted by Gasteiger charge is -2.64. The van der Waals surface area contributed by atoms with Crippen molar-refractivity contribution in [3.05, 3.63) is 0 Å². The summed E-state index contributed by atoms with van der Waals surface area (Å²) in [6, 6.07) is 1.35. The van der Waals surface area contributed by atoms with Crippen molar-refractivity contribution in [2.45, 2.75) is 50.3 Å². The van der Waals surface area contributed by atoms with E-state index < -0.39 is 0 Å². The molecule has 1 N–H and O–H groups in total. The molecule has 2 saturated heterocycles. The summed E-state index contributed by atoms with van der Waals surface area (Å²) >= 11 is 0. The predicted octanol–water partition coefficient (Wildman–Crippen LogP) is 1.32. The van der Waals surface area contributed by atoms with Crippen molar-refractivity contribution in [3.8, 4) is 0 Å². The quantitative estimate of drug-likeness (QED) is 0.766. The molecule has 4 rings (SSSR count). The van der Waals surface area contributed by atoms with Gasteiger partial charge in [-0.1, -0.05) is 6.42 Å². The Morgan fingerprint density at radius 3 is 2.75 bits per heavy atom. The van der Waals surface area contributed by atoms with Crippen LogP contribution in [0, 0.1) is 11.3 Å². The molecule has 0 bridgehead atoms. The SMILES string of the molecule is C1CC2(C1)C(NC1CCOC1)C1CCOC12. The van der Waals surface area contributed by atoms with E-state index in [2.05, 4.69) is 5.32 Å². The maximum Gasteiger partial charge on any atom is 0.0690 e. The van der Waals surface area contributed by atoms with E-state index in [4.69, 9.17) is 9.47 Å². The van der Waals surface area contributed by atoms with Crippen LogP contribution in [0.25, 0.3) is 0 Å². The maximum absolute atomic E-state index is 5.93. The second kappa shape index (κ2) is 3.44. The maximum atomic E-state index is 5.93. The molecular weight excluding hydrogens is 202 g/mol. The van der Waals surface area contributed by atoms with Crippen molar-refractivity contribution in [1.29, 1.82) is 0 Å². The molecule has 4 atom stereocenters. The lowest BCUT2D eigenvalue weighted by Crippen LogP contribution is -2.72. The molecule has 0 radical (unpaired) electrons. The van der Waals surface area contributed by atoms with Crippen molar-refractivity contribution < 1.29 is 9.47 Å². The van der Waals surface area contributed by atoms with Gasteiger partial charge in [-0.2, -0.15) is 0 Å². The van der Waals surface area contributed by atoms with Crippen LogP contribution in [0.5, 0.6) is 0 Å². The molecule has 2 aliphatic heterocycles. The Kier molecular flexibility index (Phi) is 2.12. The number of ether oxygens (including phenoxy) is 2. The molecule has 0 aromatic carbocycles. The van der Waals surface area contributed by atoms with E-state index in [1.807, 2.05) is 0 Å². The summed E-state index contributed by atoms with van der Waals surface area (Å²) in [5.74, 6) is 0.806. The van der Waals surface area contributed by atoms with Crippen molar-refractivity contribution in [1.82, 2.24) is 5.32 Å². The van der Waals surface area contributed by atoms with Gasteiger partial charge in [0, 0.05) is 36.6 Å². The fourth-order valence-corrected chi connectivity index (χ4v) is 4.41. The third kappa shape index (κ3) is 1.14. The first-order valence-corrected chi connectivity index (χ1v) is 6.85. The van der Waals surface area contributed by atoms with Gasteiger partial charge in [0.2, 0.25) is 0 Å². The zero-order valence-corrected chi connectivity index (χ0v) is 9.78. The van der Waals surface area contributed by atoms with E-state index in [9.17, 15) is 0 Å². The lowest BCUT2D eigenvalue weighted by molar-refractivity contribution is -0.178. The third-order valence-corrected chi connectivity index (χ3v) is 5.38. The number of fused-ring (bicyclic) bond motifs is 2. The molecule has 4 fully saturated rings. The summed E-state index contributed by atoms with van der Waals surface area (Å²) in [5.41, 5.74) is 0.532. The lowest BCUT2D eigenvalue weighted by atomic mass is 9.46. The van der Waals surface area contributed by atoms with Crippen molar-refractivity contribution in [2.24, 2.45) is 11.3 Å². The molecule has 2 saturated carbocycles. The molecule has 0 amide bonds. The van der Waals surface area contributed by atoms with E-state index in [1.165, 1.54) is 32.1 Å². The van der Waals surface area contributed by atoms with Gasteiger partial charge in [0.15, 0.2) is 0 Å². The average Bonchev–Trinajstić information content (AvgIpc) is 2.80. The van der Waals surface area contributed by atoms with E-state index in [0.29, 0.717) is 17.6 Å². The predicted molar refractivity (Wildman–Crippen MR) is 60.3 cm³/mol. The van der Waals surface area contributed by atoms with Gasteiger partial charge in [0.05, 0.1) is 12.7 Å². The second-order valence-corrected chi connectivity index (χ2v) is 6.04. The van der Waals surface area contributed by atoms with Gasteiger partial charge in [0.25, 0.3) is 0 Å². The van der Waals surface area contributed by atoms with Gasteiger partial charge in [-0.3, -0.25) is 0 Å². The standard InChI is InChI=1S/C13H21NO2/c1-4-13(5-1)11(10-3-7-16-12(10)13)14-9-2-6-15-8-9/h9-12,14H,1-8H2.